The van der Waals surface area contributed by atoms with Crippen molar-refractivity contribution < 1.29 is 8.42 Å². The fraction of sp³-hybridized carbons (Fsp3) is 0.308. The van der Waals surface area contributed by atoms with Crippen LogP contribution in [0.2, 0.25) is 0 Å². The molecule has 7 heteroatoms. The van der Waals surface area contributed by atoms with E-state index in [1.165, 1.54) is 4.90 Å². The van der Waals surface area contributed by atoms with Gasteiger partial charge in [-0.25, -0.2) is 8.42 Å². The van der Waals surface area contributed by atoms with Crippen molar-refractivity contribution in [3.8, 4) is 0 Å². The zero-order chi connectivity index (χ0) is 14.8. The van der Waals surface area contributed by atoms with Gasteiger partial charge in [0.25, 0.3) is 9.05 Å². The van der Waals surface area contributed by atoms with E-state index in [1.54, 1.807) is 30.3 Å². The Hall–Kier alpha value is -0.980. The maximum absolute atomic E-state index is 11.5. The van der Waals surface area contributed by atoms with Crippen LogP contribution < -0.4 is 0 Å². The second kappa shape index (κ2) is 6.20. The van der Waals surface area contributed by atoms with Crippen molar-refractivity contribution in [3.63, 3.8) is 0 Å². The number of nitrogens with zero attached hydrogens (tertiary/aromatic N) is 2. The molecule has 0 N–H and O–H groups in total. The van der Waals surface area contributed by atoms with E-state index < -0.39 is 9.05 Å². The van der Waals surface area contributed by atoms with Crippen LogP contribution in [0.25, 0.3) is 0 Å². The van der Waals surface area contributed by atoms with Gasteiger partial charge in [-0.1, -0.05) is 18.2 Å². The van der Waals surface area contributed by atoms with Gasteiger partial charge in [0, 0.05) is 21.3 Å². The largest absolute Gasteiger partial charge is 0.267 e. The average Bonchev–Trinajstić information content (AvgIpc) is 2.65. The third-order valence-corrected chi connectivity index (χ3v) is 5.41. The fourth-order valence-corrected chi connectivity index (χ4v) is 4.39. The first-order chi connectivity index (χ1) is 9.39. The molecule has 20 heavy (non-hydrogen) atoms. The summed E-state index contributed by atoms with van der Waals surface area (Å²) in [6.07, 6.45) is 0. The highest BCUT2D eigenvalue weighted by Crippen LogP contribution is 2.24. The minimum Gasteiger partial charge on any atom is -0.267 e. The minimum absolute atomic E-state index is 0.129. The smallest absolute Gasteiger partial charge is 0.264 e. The van der Waals surface area contributed by atoms with E-state index in [0.29, 0.717) is 17.9 Å². The Balaban J connectivity index is 2.08. The van der Waals surface area contributed by atoms with Gasteiger partial charge in [0.05, 0.1) is 17.9 Å². The van der Waals surface area contributed by atoms with Gasteiger partial charge in [-0.05, 0) is 26.0 Å². The third kappa shape index (κ3) is 3.56. The number of thioether (sulfide) groups is 1. The highest BCUT2D eigenvalue weighted by Gasteiger charge is 2.22. The molecule has 1 aromatic carbocycles. The molecular formula is C13H15ClN2O2S2. The van der Waals surface area contributed by atoms with Gasteiger partial charge in [0.2, 0.25) is 0 Å². The predicted molar refractivity (Wildman–Crippen MR) is 81.9 cm³/mol. The number of rotatable bonds is 5. The second-order valence-electron chi connectivity index (χ2n) is 4.32. The molecule has 0 bridgehead atoms. The summed E-state index contributed by atoms with van der Waals surface area (Å²) in [4.78, 5) is 1.31. The van der Waals surface area contributed by atoms with Crippen LogP contribution in [0.3, 0.4) is 0 Å². The van der Waals surface area contributed by atoms with Gasteiger partial charge in [-0.2, -0.15) is 5.10 Å². The summed E-state index contributed by atoms with van der Waals surface area (Å²) in [6, 6.07) is 10.0. The molecule has 0 aliphatic heterocycles. The zero-order valence-corrected chi connectivity index (χ0v) is 13.6. The lowest BCUT2D eigenvalue weighted by molar-refractivity contribution is 0.606. The molecular weight excluding hydrogens is 316 g/mol. The van der Waals surface area contributed by atoms with Gasteiger partial charge in [0.1, 0.15) is 4.90 Å². The molecule has 0 aliphatic carbocycles. The van der Waals surface area contributed by atoms with E-state index in [2.05, 4.69) is 5.10 Å². The molecule has 108 valence electrons. The van der Waals surface area contributed by atoms with Crippen LogP contribution >= 0.6 is 22.4 Å². The summed E-state index contributed by atoms with van der Waals surface area (Å²) < 4.78 is 24.7. The highest BCUT2D eigenvalue weighted by molar-refractivity contribution is 8.13. The molecule has 0 aliphatic rings. The summed E-state index contributed by atoms with van der Waals surface area (Å²) >= 11 is 1.70. The van der Waals surface area contributed by atoms with Gasteiger partial charge < -0.3 is 0 Å². The van der Waals surface area contributed by atoms with Gasteiger partial charge >= 0.3 is 0 Å². The van der Waals surface area contributed by atoms with E-state index >= 15 is 0 Å². The molecule has 0 unspecified atom stereocenters. The molecule has 0 atom stereocenters. The third-order valence-electron chi connectivity index (χ3n) is 2.87. The number of hydrogen-bond acceptors (Lipinski definition) is 4. The lowest BCUT2D eigenvalue weighted by atomic mass is 10.4. The molecule has 0 spiro atoms. The second-order valence-corrected chi connectivity index (χ2v) is 7.99. The molecule has 1 aromatic heterocycles. The Morgan fingerprint density at radius 2 is 1.90 bits per heavy atom. The first kappa shape index (κ1) is 15.4. The molecule has 2 rings (SSSR count). The Morgan fingerprint density at radius 1 is 1.25 bits per heavy atom. The lowest BCUT2D eigenvalue weighted by Crippen LogP contribution is -2.05. The summed E-state index contributed by atoms with van der Waals surface area (Å²) in [5.74, 6) is 0.813. The van der Waals surface area contributed by atoms with Gasteiger partial charge in [-0.3, -0.25) is 4.68 Å². The fourth-order valence-electron chi connectivity index (χ4n) is 2.02. The standard InChI is InChI=1S/C13H15ClN2O2S2/c1-10-13(20(14,17)18)11(2)16(15-10)8-9-19-12-6-4-3-5-7-12/h3-7H,8-9H2,1-2H3. The maximum Gasteiger partial charge on any atom is 0.264 e. The SMILES string of the molecule is Cc1nn(CCSc2ccccc2)c(C)c1S(=O)(=O)Cl. The molecule has 0 radical (unpaired) electrons. The number of aryl methyl sites for hydroxylation is 2. The van der Waals surface area contributed by atoms with Crippen molar-refractivity contribution in [1.82, 2.24) is 9.78 Å². The van der Waals surface area contributed by atoms with Crippen molar-refractivity contribution >= 4 is 31.5 Å². The van der Waals surface area contributed by atoms with Crippen molar-refractivity contribution in [2.45, 2.75) is 30.2 Å². The highest BCUT2D eigenvalue weighted by atomic mass is 35.7. The molecule has 0 amide bonds. The molecule has 0 saturated carbocycles. The summed E-state index contributed by atoms with van der Waals surface area (Å²) in [7, 11) is 1.69. The van der Waals surface area contributed by atoms with Gasteiger partial charge in [-0.15, -0.1) is 11.8 Å². The van der Waals surface area contributed by atoms with E-state index in [1.807, 2.05) is 30.3 Å². The van der Waals surface area contributed by atoms with Crippen LogP contribution in [-0.4, -0.2) is 24.0 Å². The maximum atomic E-state index is 11.5. The van der Waals surface area contributed by atoms with E-state index in [4.69, 9.17) is 10.7 Å². The van der Waals surface area contributed by atoms with E-state index in [9.17, 15) is 8.42 Å². The number of halogens is 1. The Kier molecular flexibility index (Phi) is 4.78. The Bertz CT molecular complexity index is 697. The number of aromatic nitrogens is 2. The summed E-state index contributed by atoms with van der Waals surface area (Å²) in [6.45, 7) is 4.02. The first-order valence-corrected chi connectivity index (χ1v) is 9.35. The number of benzene rings is 1. The molecule has 0 saturated heterocycles. The number of hydrogen-bond donors (Lipinski definition) is 0. The normalized spacial score (nSPS) is 11.8. The van der Waals surface area contributed by atoms with Crippen LogP contribution in [0, 0.1) is 13.8 Å². The lowest BCUT2D eigenvalue weighted by Gasteiger charge is -2.04. The Labute approximate surface area is 127 Å². The van der Waals surface area contributed by atoms with Crippen LogP contribution in [0.15, 0.2) is 40.1 Å². The summed E-state index contributed by atoms with van der Waals surface area (Å²) in [5, 5.41) is 4.25. The van der Waals surface area contributed by atoms with Crippen molar-refractivity contribution in [1.29, 1.82) is 0 Å². The molecule has 1 heterocycles. The quantitative estimate of drug-likeness (QED) is 0.624. The Morgan fingerprint density at radius 3 is 2.45 bits per heavy atom. The monoisotopic (exact) mass is 330 g/mol. The zero-order valence-electron chi connectivity index (χ0n) is 11.2. The van der Waals surface area contributed by atoms with Crippen molar-refractivity contribution in [2.75, 3.05) is 5.75 Å². The molecule has 0 fully saturated rings. The summed E-state index contributed by atoms with van der Waals surface area (Å²) in [5.41, 5.74) is 1.04. The van der Waals surface area contributed by atoms with Crippen LogP contribution in [0.1, 0.15) is 11.4 Å². The average molecular weight is 331 g/mol. The molecule has 2 aromatic rings. The van der Waals surface area contributed by atoms with Crippen LogP contribution in [0.4, 0.5) is 0 Å². The van der Waals surface area contributed by atoms with Crippen LogP contribution in [-0.2, 0) is 15.6 Å². The molecule has 4 nitrogen and oxygen atoms in total. The van der Waals surface area contributed by atoms with Gasteiger partial charge in [0.15, 0.2) is 0 Å². The van der Waals surface area contributed by atoms with Crippen molar-refractivity contribution in [3.05, 3.63) is 41.7 Å². The topological polar surface area (TPSA) is 52.0 Å². The minimum atomic E-state index is -3.74. The van der Waals surface area contributed by atoms with E-state index in [0.717, 1.165) is 5.75 Å². The van der Waals surface area contributed by atoms with Crippen LogP contribution in [0.5, 0.6) is 0 Å². The van der Waals surface area contributed by atoms with E-state index in [-0.39, 0.29) is 4.90 Å². The van der Waals surface area contributed by atoms with Crippen molar-refractivity contribution in [2.24, 2.45) is 0 Å². The first-order valence-electron chi connectivity index (χ1n) is 6.06. The predicted octanol–water partition coefficient (Wildman–Crippen LogP) is 3.22.